The Morgan fingerprint density at radius 3 is 2.20 bits per heavy atom. The van der Waals surface area contributed by atoms with Crippen LogP contribution in [0.25, 0.3) is 11.1 Å². The molecule has 0 saturated heterocycles. The van der Waals surface area contributed by atoms with Crippen LogP contribution >= 0.6 is 0 Å². The third kappa shape index (κ3) is 7.78. The first-order valence-corrected chi connectivity index (χ1v) is 11.3. The van der Waals surface area contributed by atoms with Crippen molar-refractivity contribution in [2.75, 3.05) is 13.2 Å². The van der Waals surface area contributed by atoms with Gasteiger partial charge < -0.3 is 14.2 Å². The highest BCUT2D eigenvalue weighted by molar-refractivity contribution is 5.98. The summed E-state index contributed by atoms with van der Waals surface area (Å²) in [6.07, 6.45) is 4.66. The molecule has 3 aromatic carbocycles. The van der Waals surface area contributed by atoms with Gasteiger partial charge in [-0.25, -0.2) is 18.4 Å². The molecule has 0 fully saturated rings. The predicted octanol–water partition coefficient (Wildman–Crippen LogP) is 6.52. The standard InChI is InChI=1S/C28H26F2O5/c1-2-27(31)34-18-8-4-3-7-17-33-21-12-14-22(15-13-21)35-28(32)24-10-6-5-9-23(24)20-11-16-25(29)26(30)19-20/h2,5-6,9-16,19H,1,3-4,7-8,17-18H2. The van der Waals surface area contributed by atoms with E-state index in [0.717, 1.165) is 43.9 Å². The topological polar surface area (TPSA) is 61.8 Å². The number of benzene rings is 3. The van der Waals surface area contributed by atoms with E-state index in [2.05, 4.69) is 6.58 Å². The number of carbonyl (C=O) groups excluding carboxylic acids is 2. The summed E-state index contributed by atoms with van der Waals surface area (Å²) < 4.78 is 43.1. The molecule has 182 valence electrons. The monoisotopic (exact) mass is 480 g/mol. The van der Waals surface area contributed by atoms with E-state index in [9.17, 15) is 18.4 Å². The molecule has 0 aliphatic carbocycles. The van der Waals surface area contributed by atoms with E-state index in [1.165, 1.54) is 6.07 Å². The van der Waals surface area contributed by atoms with Crippen molar-refractivity contribution in [1.29, 1.82) is 0 Å². The number of hydrogen-bond donors (Lipinski definition) is 0. The van der Waals surface area contributed by atoms with Crippen molar-refractivity contribution in [3.05, 3.63) is 96.6 Å². The van der Waals surface area contributed by atoms with Crippen LogP contribution in [0.1, 0.15) is 36.0 Å². The SMILES string of the molecule is C=CC(=O)OCCCCCCOc1ccc(OC(=O)c2ccccc2-c2ccc(F)c(F)c2)cc1. The quantitative estimate of drug-likeness (QED) is 0.128. The Morgan fingerprint density at radius 1 is 0.800 bits per heavy atom. The van der Waals surface area contributed by atoms with Crippen LogP contribution < -0.4 is 9.47 Å². The predicted molar refractivity (Wildman–Crippen MR) is 128 cm³/mol. The maximum absolute atomic E-state index is 13.7. The third-order valence-electron chi connectivity index (χ3n) is 5.13. The molecule has 0 aliphatic heterocycles. The number of carbonyl (C=O) groups is 2. The Kier molecular flexibility index (Phi) is 9.54. The second-order valence-corrected chi connectivity index (χ2v) is 7.67. The number of halogens is 2. The second kappa shape index (κ2) is 13.0. The summed E-state index contributed by atoms with van der Waals surface area (Å²) in [6, 6.07) is 16.7. The molecule has 3 aromatic rings. The molecule has 0 aromatic heterocycles. The highest BCUT2D eigenvalue weighted by Gasteiger charge is 2.16. The normalized spacial score (nSPS) is 10.5. The summed E-state index contributed by atoms with van der Waals surface area (Å²) in [5, 5.41) is 0. The Morgan fingerprint density at radius 2 is 1.49 bits per heavy atom. The van der Waals surface area contributed by atoms with E-state index < -0.39 is 23.6 Å². The molecular weight excluding hydrogens is 454 g/mol. The van der Waals surface area contributed by atoms with Crippen LogP contribution in [0.15, 0.2) is 79.4 Å². The first-order valence-electron chi connectivity index (χ1n) is 11.3. The van der Waals surface area contributed by atoms with Gasteiger partial charge in [-0.2, -0.15) is 0 Å². The molecule has 0 bridgehead atoms. The molecule has 0 spiro atoms. The lowest BCUT2D eigenvalue weighted by atomic mass is 9.99. The first-order chi connectivity index (χ1) is 17.0. The van der Waals surface area contributed by atoms with Crippen LogP contribution in [0.4, 0.5) is 8.78 Å². The van der Waals surface area contributed by atoms with E-state index >= 15 is 0 Å². The summed E-state index contributed by atoms with van der Waals surface area (Å²) >= 11 is 0. The highest BCUT2D eigenvalue weighted by Crippen LogP contribution is 2.27. The van der Waals surface area contributed by atoms with E-state index in [-0.39, 0.29) is 5.56 Å². The van der Waals surface area contributed by atoms with Gasteiger partial charge in [0.15, 0.2) is 11.6 Å². The molecule has 0 N–H and O–H groups in total. The number of unbranched alkanes of at least 4 members (excludes halogenated alkanes) is 3. The third-order valence-corrected chi connectivity index (χ3v) is 5.13. The molecule has 0 radical (unpaired) electrons. The lowest BCUT2D eigenvalue weighted by molar-refractivity contribution is -0.137. The summed E-state index contributed by atoms with van der Waals surface area (Å²) in [6.45, 7) is 4.27. The maximum Gasteiger partial charge on any atom is 0.344 e. The Bertz CT molecular complexity index is 1160. The summed E-state index contributed by atoms with van der Waals surface area (Å²) in [5.41, 5.74) is 1.05. The van der Waals surface area contributed by atoms with Gasteiger partial charge in [0.2, 0.25) is 0 Å². The molecule has 35 heavy (non-hydrogen) atoms. The van der Waals surface area contributed by atoms with Crippen molar-refractivity contribution < 1.29 is 32.6 Å². The van der Waals surface area contributed by atoms with Crippen LogP contribution in [0.2, 0.25) is 0 Å². The molecule has 0 unspecified atom stereocenters. The van der Waals surface area contributed by atoms with Crippen LogP contribution in [0.3, 0.4) is 0 Å². The average Bonchev–Trinajstić information content (AvgIpc) is 2.88. The van der Waals surface area contributed by atoms with Gasteiger partial charge >= 0.3 is 11.9 Å². The summed E-state index contributed by atoms with van der Waals surface area (Å²) in [7, 11) is 0. The van der Waals surface area contributed by atoms with Crippen LogP contribution in [-0.4, -0.2) is 25.2 Å². The lowest BCUT2D eigenvalue weighted by Crippen LogP contribution is -2.10. The second-order valence-electron chi connectivity index (χ2n) is 7.67. The summed E-state index contributed by atoms with van der Waals surface area (Å²) in [4.78, 5) is 23.7. The van der Waals surface area contributed by atoms with Crippen molar-refractivity contribution in [1.82, 2.24) is 0 Å². The van der Waals surface area contributed by atoms with E-state index in [1.807, 2.05) is 0 Å². The number of ether oxygens (including phenoxy) is 3. The van der Waals surface area contributed by atoms with Crippen LogP contribution in [0.5, 0.6) is 11.5 Å². The minimum absolute atomic E-state index is 0.234. The van der Waals surface area contributed by atoms with Crippen molar-refractivity contribution in [2.24, 2.45) is 0 Å². The van der Waals surface area contributed by atoms with Crippen molar-refractivity contribution >= 4 is 11.9 Å². The van der Waals surface area contributed by atoms with E-state index in [1.54, 1.807) is 48.5 Å². The molecular formula is C28H26F2O5. The number of hydrogen-bond acceptors (Lipinski definition) is 5. The van der Waals surface area contributed by atoms with Gasteiger partial charge in [0.1, 0.15) is 11.5 Å². The van der Waals surface area contributed by atoms with Crippen molar-refractivity contribution in [2.45, 2.75) is 25.7 Å². The fraction of sp³-hybridized carbons (Fsp3) is 0.214. The Labute approximate surface area is 203 Å². The number of rotatable bonds is 12. The van der Waals surface area contributed by atoms with Gasteiger partial charge in [0, 0.05) is 6.08 Å². The molecule has 3 rings (SSSR count). The molecule has 5 nitrogen and oxygen atoms in total. The van der Waals surface area contributed by atoms with Gasteiger partial charge in [-0.3, -0.25) is 0 Å². The largest absolute Gasteiger partial charge is 0.494 e. The van der Waals surface area contributed by atoms with Crippen LogP contribution in [-0.2, 0) is 9.53 Å². The lowest BCUT2D eigenvalue weighted by Gasteiger charge is -2.11. The van der Waals surface area contributed by atoms with E-state index in [4.69, 9.17) is 14.2 Å². The van der Waals surface area contributed by atoms with Crippen molar-refractivity contribution in [3.63, 3.8) is 0 Å². The molecule has 0 atom stereocenters. The van der Waals surface area contributed by atoms with Gasteiger partial charge in [-0.1, -0.05) is 30.8 Å². The zero-order chi connectivity index (χ0) is 25.0. The van der Waals surface area contributed by atoms with Gasteiger partial charge in [0.05, 0.1) is 18.8 Å². The average molecular weight is 481 g/mol. The zero-order valence-corrected chi connectivity index (χ0v) is 19.2. The summed E-state index contributed by atoms with van der Waals surface area (Å²) in [5.74, 6) is -1.99. The first kappa shape index (κ1) is 25.6. The minimum atomic E-state index is -0.990. The number of esters is 2. The Hall–Kier alpha value is -4.00. The molecule has 0 amide bonds. The van der Waals surface area contributed by atoms with Gasteiger partial charge in [0.25, 0.3) is 0 Å². The van der Waals surface area contributed by atoms with Gasteiger partial charge in [-0.15, -0.1) is 0 Å². The highest BCUT2D eigenvalue weighted by atomic mass is 19.2. The molecule has 0 aliphatic rings. The zero-order valence-electron chi connectivity index (χ0n) is 19.2. The minimum Gasteiger partial charge on any atom is -0.494 e. The van der Waals surface area contributed by atoms with E-state index in [0.29, 0.717) is 35.8 Å². The molecule has 0 heterocycles. The fourth-order valence-electron chi connectivity index (χ4n) is 3.32. The molecule has 7 heteroatoms. The Balaban J connectivity index is 1.48. The van der Waals surface area contributed by atoms with Crippen molar-refractivity contribution in [3.8, 4) is 22.6 Å². The molecule has 0 saturated carbocycles. The maximum atomic E-state index is 13.7. The fourth-order valence-corrected chi connectivity index (χ4v) is 3.32. The van der Waals surface area contributed by atoms with Crippen LogP contribution in [0, 0.1) is 11.6 Å². The smallest absolute Gasteiger partial charge is 0.344 e. The van der Waals surface area contributed by atoms with Gasteiger partial charge in [-0.05, 0) is 79.3 Å².